The minimum Gasteiger partial charge on any atom is -0.462 e. The molecule has 2 rings (SSSR count). The average molecular weight is 369 g/mol. The molecule has 1 atom stereocenters. The van der Waals surface area contributed by atoms with Crippen LogP contribution in [0.3, 0.4) is 0 Å². The molecule has 0 aliphatic carbocycles. The minimum absolute atomic E-state index is 0.0272. The lowest BCUT2D eigenvalue weighted by molar-refractivity contribution is 0.0527. The highest BCUT2D eigenvalue weighted by Gasteiger charge is 2.17. The van der Waals surface area contributed by atoms with Crippen molar-refractivity contribution in [3.05, 3.63) is 59.4 Å². The van der Waals surface area contributed by atoms with Crippen molar-refractivity contribution in [2.45, 2.75) is 33.2 Å². The molecule has 0 aliphatic heterocycles. The largest absolute Gasteiger partial charge is 0.462 e. The summed E-state index contributed by atoms with van der Waals surface area (Å²) in [6.07, 6.45) is 2.20. The van der Waals surface area contributed by atoms with Crippen LogP contribution in [0, 0.1) is 0 Å². The van der Waals surface area contributed by atoms with E-state index in [0.717, 1.165) is 6.42 Å². The summed E-state index contributed by atoms with van der Waals surface area (Å²) in [6.45, 7) is 5.81. The van der Waals surface area contributed by atoms with Crippen LogP contribution in [0.1, 0.15) is 58.4 Å². The molecular weight excluding hydrogens is 346 g/mol. The van der Waals surface area contributed by atoms with Crippen LogP contribution < -0.4 is 10.6 Å². The number of anilines is 1. The molecule has 2 amide bonds. The molecule has 2 N–H and O–H groups in total. The number of pyridine rings is 1. The van der Waals surface area contributed by atoms with Crippen molar-refractivity contribution in [2.24, 2.45) is 0 Å². The van der Waals surface area contributed by atoms with Gasteiger partial charge in [-0.1, -0.05) is 19.1 Å². The first kappa shape index (κ1) is 20.1. The molecule has 0 radical (unpaired) electrons. The Morgan fingerprint density at radius 1 is 1.11 bits per heavy atom. The van der Waals surface area contributed by atoms with Gasteiger partial charge in [0.25, 0.3) is 11.8 Å². The van der Waals surface area contributed by atoms with Crippen LogP contribution in [-0.2, 0) is 4.74 Å². The third-order valence-electron chi connectivity index (χ3n) is 3.92. The van der Waals surface area contributed by atoms with Gasteiger partial charge in [-0.3, -0.25) is 14.6 Å². The van der Waals surface area contributed by atoms with Gasteiger partial charge in [0.15, 0.2) is 0 Å². The Balaban J connectivity index is 2.19. The van der Waals surface area contributed by atoms with Gasteiger partial charge in [0.1, 0.15) is 5.69 Å². The molecular formula is C20H23N3O4. The number of aromatic nitrogens is 1. The predicted molar refractivity (Wildman–Crippen MR) is 102 cm³/mol. The lowest BCUT2D eigenvalue weighted by Gasteiger charge is -2.12. The number of carbonyl (C=O) groups excluding carboxylic acids is 3. The minimum atomic E-state index is -0.525. The summed E-state index contributed by atoms with van der Waals surface area (Å²) in [5.41, 5.74) is 0.982. The van der Waals surface area contributed by atoms with E-state index in [1.165, 1.54) is 12.3 Å². The second-order valence-electron chi connectivity index (χ2n) is 5.93. The number of ether oxygens (including phenoxy) is 1. The molecule has 142 valence electrons. The molecule has 1 unspecified atom stereocenters. The van der Waals surface area contributed by atoms with E-state index in [1.54, 1.807) is 37.3 Å². The molecule has 1 aromatic carbocycles. The van der Waals surface area contributed by atoms with E-state index in [9.17, 15) is 14.4 Å². The first-order valence-corrected chi connectivity index (χ1v) is 8.80. The van der Waals surface area contributed by atoms with Gasteiger partial charge in [0.2, 0.25) is 0 Å². The maximum atomic E-state index is 12.5. The Morgan fingerprint density at radius 3 is 2.56 bits per heavy atom. The Bertz CT molecular complexity index is 835. The molecule has 0 saturated heterocycles. The zero-order valence-electron chi connectivity index (χ0n) is 15.6. The lowest BCUT2D eigenvalue weighted by Crippen LogP contribution is -2.32. The third kappa shape index (κ3) is 5.37. The predicted octanol–water partition coefficient (Wildman–Crippen LogP) is 3.04. The maximum absolute atomic E-state index is 12.5. The van der Waals surface area contributed by atoms with Crippen molar-refractivity contribution < 1.29 is 19.1 Å². The number of rotatable bonds is 7. The fourth-order valence-corrected chi connectivity index (χ4v) is 2.27. The van der Waals surface area contributed by atoms with Gasteiger partial charge >= 0.3 is 5.97 Å². The van der Waals surface area contributed by atoms with Crippen molar-refractivity contribution in [1.29, 1.82) is 0 Å². The summed E-state index contributed by atoms with van der Waals surface area (Å²) in [5.74, 6) is -1.32. The van der Waals surface area contributed by atoms with E-state index in [1.807, 2.05) is 13.8 Å². The van der Waals surface area contributed by atoms with Gasteiger partial charge in [0.05, 0.1) is 17.9 Å². The van der Waals surface area contributed by atoms with Gasteiger partial charge in [-0.25, -0.2) is 4.79 Å². The number of carbonyl (C=O) groups is 3. The Labute approximate surface area is 158 Å². The fourth-order valence-electron chi connectivity index (χ4n) is 2.27. The molecule has 27 heavy (non-hydrogen) atoms. The van der Waals surface area contributed by atoms with Crippen molar-refractivity contribution >= 4 is 23.5 Å². The first-order chi connectivity index (χ1) is 13.0. The van der Waals surface area contributed by atoms with Gasteiger partial charge < -0.3 is 15.4 Å². The summed E-state index contributed by atoms with van der Waals surface area (Å²) in [6, 6.07) is 9.53. The van der Waals surface area contributed by atoms with E-state index in [-0.39, 0.29) is 29.8 Å². The summed E-state index contributed by atoms with van der Waals surface area (Å²) >= 11 is 0. The van der Waals surface area contributed by atoms with E-state index in [0.29, 0.717) is 11.3 Å². The number of para-hydroxylation sites is 1. The van der Waals surface area contributed by atoms with Crippen molar-refractivity contribution in [2.75, 3.05) is 11.9 Å². The zero-order chi connectivity index (χ0) is 19.8. The molecule has 0 saturated carbocycles. The summed E-state index contributed by atoms with van der Waals surface area (Å²) in [5, 5.41) is 5.49. The number of benzene rings is 1. The van der Waals surface area contributed by atoms with E-state index < -0.39 is 11.9 Å². The highest BCUT2D eigenvalue weighted by molar-refractivity contribution is 6.08. The highest BCUT2D eigenvalue weighted by atomic mass is 16.5. The second kappa shape index (κ2) is 9.47. The molecule has 1 aromatic heterocycles. The molecule has 0 fully saturated rings. The van der Waals surface area contributed by atoms with Crippen LogP contribution >= 0.6 is 0 Å². The first-order valence-electron chi connectivity index (χ1n) is 8.80. The van der Waals surface area contributed by atoms with Crippen LogP contribution in [0.25, 0.3) is 0 Å². The van der Waals surface area contributed by atoms with Crippen LogP contribution in [0.2, 0.25) is 0 Å². The molecule has 0 bridgehead atoms. The Morgan fingerprint density at radius 2 is 1.85 bits per heavy atom. The smallest absolute Gasteiger partial charge is 0.340 e. The topological polar surface area (TPSA) is 97.4 Å². The molecule has 7 heteroatoms. The van der Waals surface area contributed by atoms with Crippen molar-refractivity contribution in [3.63, 3.8) is 0 Å². The standard InChI is InChI=1S/C20H23N3O4/c1-4-13(3)22-18(24)14-10-11-21-17(12-14)19(25)23-16-9-7-6-8-15(16)20(26)27-5-2/h6-13H,4-5H2,1-3H3,(H,22,24)(H,23,25). The Kier molecular flexibility index (Phi) is 7.05. The summed E-state index contributed by atoms with van der Waals surface area (Å²) in [7, 11) is 0. The van der Waals surface area contributed by atoms with Crippen LogP contribution in [-0.4, -0.2) is 35.4 Å². The monoisotopic (exact) mass is 369 g/mol. The van der Waals surface area contributed by atoms with E-state index in [2.05, 4.69) is 15.6 Å². The highest BCUT2D eigenvalue weighted by Crippen LogP contribution is 2.17. The lowest BCUT2D eigenvalue weighted by atomic mass is 10.1. The number of hydrogen-bond acceptors (Lipinski definition) is 5. The molecule has 0 aliphatic rings. The van der Waals surface area contributed by atoms with Gasteiger partial charge in [0, 0.05) is 17.8 Å². The van der Waals surface area contributed by atoms with Crippen LogP contribution in [0.5, 0.6) is 0 Å². The molecule has 1 heterocycles. The number of nitrogens with zero attached hydrogens (tertiary/aromatic N) is 1. The number of amides is 2. The number of hydrogen-bond donors (Lipinski definition) is 2. The molecule has 2 aromatic rings. The van der Waals surface area contributed by atoms with Crippen molar-refractivity contribution in [1.82, 2.24) is 10.3 Å². The quantitative estimate of drug-likeness (QED) is 0.731. The SMILES string of the molecule is CCOC(=O)c1ccccc1NC(=O)c1cc(C(=O)NC(C)CC)ccn1. The van der Waals surface area contributed by atoms with E-state index >= 15 is 0 Å². The van der Waals surface area contributed by atoms with Crippen LogP contribution in [0.15, 0.2) is 42.6 Å². The number of nitrogens with one attached hydrogen (secondary N) is 2. The van der Waals surface area contributed by atoms with Crippen molar-refractivity contribution in [3.8, 4) is 0 Å². The maximum Gasteiger partial charge on any atom is 0.340 e. The third-order valence-corrected chi connectivity index (χ3v) is 3.92. The van der Waals surface area contributed by atoms with Crippen LogP contribution in [0.4, 0.5) is 5.69 Å². The molecule has 0 spiro atoms. The Hall–Kier alpha value is -3.22. The molecule has 7 nitrogen and oxygen atoms in total. The second-order valence-corrected chi connectivity index (χ2v) is 5.93. The van der Waals surface area contributed by atoms with E-state index in [4.69, 9.17) is 4.74 Å². The zero-order valence-corrected chi connectivity index (χ0v) is 15.6. The number of esters is 1. The van der Waals surface area contributed by atoms with Gasteiger partial charge in [-0.15, -0.1) is 0 Å². The fraction of sp³-hybridized carbons (Fsp3) is 0.300. The summed E-state index contributed by atoms with van der Waals surface area (Å²) in [4.78, 5) is 40.8. The average Bonchev–Trinajstić information content (AvgIpc) is 2.68. The van der Waals surface area contributed by atoms with Gasteiger partial charge in [-0.05, 0) is 44.5 Å². The normalized spacial score (nSPS) is 11.4. The van der Waals surface area contributed by atoms with Gasteiger partial charge in [-0.2, -0.15) is 0 Å². The summed E-state index contributed by atoms with van der Waals surface area (Å²) < 4.78 is 5.00.